The molecule has 4 nitrogen and oxygen atoms in total. The Morgan fingerprint density at radius 1 is 0.618 bits per heavy atom. The SMILES string of the molecule is CC(C)NC1Cc2ccccc2C1NC(C)C.CC(C)NC1c2ccccc2CC1OC(C)C. The molecule has 188 valence electrons. The van der Waals surface area contributed by atoms with E-state index in [2.05, 4.69) is 120 Å². The first kappa shape index (κ1) is 26.9. The Morgan fingerprint density at radius 2 is 1.09 bits per heavy atom. The van der Waals surface area contributed by atoms with Gasteiger partial charge in [-0.25, -0.2) is 0 Å². The maximum absolute atomic E-state index is 6.04. The van der Waals surface area contributed by atoms with E-state index in [0.29, 0.717) is 36.3 Å². The molecule has 2 aromatic carbocycles. The van der Waals surface area contributed by atoms with Gasteiger partial charge in [-0.05, 0) is 42.5 Å². The van der Waals surface area contributed by atoms with Crippen molar-refractivity contribution in [3.8, 4) is 0 Å². The van der Waals surface area contributed by atoms with Crippen LogP contribution in [0.2, 0.25) is 0 Å². The Morgan fingerprint density at radius 3 is 1.62 bits per heavy atom. The molecule has 2 aliphatic carbocycles. The monoisotopic (exact) mass is 465 g/mol. The van der Waals surface area contributed by atoms with Crippen molar-refractivity contribution >= 4 is 0 Å². The number of ether oxygens (including phenoxy) is 1. The molecule has 0 heterocycles. The summed E-state index contributed by atoms with van der Waals surface area (Å²) < 4.78 is 6.04. The van der Waals surface area contributed by atoms with Crippen molar-refractivity contribution in [3.05, 3.63) is 70.8 Å². The van der Waals surface area contributed by atoms with E-state index < -0.39 is 0 Å². The molecule has 0 bridgehead atoms. The van der Waals surface area contributed by atoms with Gasteiger partial charge in [0.25, 0.3) is 0 Å². The van der Waals surface area contributed by atoms with Crippen LogP contribution >= 0.6 is 0 Å². The van der Waals surface area contributed by atoms with Crippen LogP contribution in [0.5, 0.6) is 0 Å². The Hall–Kier alpha value is -1.72. The van der Waals surface area contributed by atoms with Crippen LogP contribution in [0.4, 0.5) is 0 Å². The van der Waals surface area contributed by atoms with Crippen LogP contribution in [0, 0.1) is 0 Å². The van der Waals surface area contributed by atoms with Crippen LogP contribution in [0.25, 0.3) is 0 Å². The van der Waals surface area contributed by atoms with Gasteiger partial charge in [0.05, 0.1) is 18.2 Å². The van der Waals surface area contributed by atoms with Gasteiger partial charge in [-0.1, -0.05) is 90.1 Å². The third-order valence-corrected chi connectivity index (χ3v) is 6.44. The Kier molecular flexibility index (Phi) is 9.73. The zero-order valence-corrected chi connectivity index (χ0v) is 22.6. The lowest BCUT2D eigenvalue weighted by atomic mass is 10.1. The first-order valence-electron chi connectivity index (χ1n) is 13.2. The highest BCUT2D eigenvalue weighted by Gasteiger charge is 2.34. The molecule has 34 heavy (non-hydrogen) atoms. The van der Waals surface area contributed by atoms with Crippen LogP contribution in [0.15, 0.2) is 48.5 Å². The summed E-state index contributed by atoms with van der Waals surface area (Å²) in [5, 5.41) is 11.0. The Bertz CT molecular complexity index is 819. The van der Waals surface area contributed by atoms with E-state index in [-0.39, 0.29) is 12.2 Å². The summed E-state index contributed by atoms with van der Waals surface area (Å²) >= 11 is 0. The first-order chi connectivity index (χ1) is 16.2. The predicted molar refractivity (Wildman–Crippen MR) is 144 cm³/mol. The van der Waals surface area contributed by atoms with Gasteiger partial charge in [-0.3, -0.25) is 0 Å². The predicted octanol–water partition coefficient (Wildman–Crippen LogP) is 5.72. The number of fused-ring (bicyclic) bond motifs is 2. The van der Waals surface area contributed by atoms with Crippen molar-refractivity contribution in [2.75, 3.05) is 0 Å². The van der Waals surface area contributed by atoms with Crippen molar-refractivity contribution in [1.82, 2.24) is 16.0 Å². The second-order valence-electron chi connectivity index (χ2n) is 11.1. The summed E-state index contributed by atoms with van der Waals surface area (Å²) in [4.78, 5) is 0. The van der Waals surface area contributed by atoms with Gasteiger partial charge in [-0.2, -0.15) is 0 Å². The molecule has 0 saturated carbocycles. The standard InChI is InChI=1S/C15H24N2.C15H23NO/c1-10(2)16-14-9-12-7-5-6-8-13(12)15(14)17-11(3)4;1-10(2)16-15-13-8-6-5-7-12(13)9-14(15)17-11(3)4/h5-8,10-11,14-17H,9H2,1-4H3;5-8,10-11,14-16H,9H2,1-4H3. The van der Waals surface area contributed by atoms with E-state index in [0.717, 1.165) is 12.8 Å². The third kappa shape index (κ3) is 7.14. The minimum atomic E-state index is 0.273. The van der Waals surface area contributed by atoms with Crippen LogP contribution < -0.4 is 16.0 Å². The molecule has 3 N–H and O–H groups in total. The molecule has 2 aromatic rings. The number of nitrogens with one attached hydrogen (secondary N) is 3. The quantitative estimate of drug-likeness (QED) is 0.466. The molecule has 0 fully saturated rings. The van der Waals surface area contributed by atoms with Gasteiger partial charge in [0.1, 0.15) is 0 Å². The molecule has 4 unspecified atom stereocenters. The highest BCUT2D eigenvalue weighted by atomic mass is 16.5. The average Bonchev–Trinajstić information content (AvgIpc) is 3.25. The van der Waals surface area contributed by atoms with E-state index in [1.165, 1.54) is 22.3 Å². The van der Waals surface area contributed by atoms with E-state index >= 15 is 0 Å². The highest BCUT2D eigenvalue weighted by Crippen LogP contribution is 2.34. The lowest BCUT2D eigenvalue weighted by molar-refractivity contribution is -0.00834. The van der Waals surface area contributed by atoms with Crippen LogP contribution in [-0.4, -0.2) is 36.4 Å². The molecule has 4 rings (SSSR count). The molecular weight excluding hydrogens is 418 g/mol. The summed E-state index contributed by atoms with van der Waals surface area (Å²) in [5.41, 5.74) is 5.80. The maximum atomic E-state index is 6.04. The largest absolute Gasteiger partial charge is 0.373 e. The third-order valence-electron chi connectivity index (χ3n) is 6.44. The minimum absolute atomic E-state index is 0.273. The fourth-order valence-corrected chi connectivity index (χ4v) is 5.33. The summed E-state index contributed by atoms with van der Waals surface area (Å²) in [6.07, 6.45) is 2.72. The van der Waals surface area contributed by atoms with E-state index in [1.807, 2.05) is 0 Å². The molecule has 2 aliphatic rings. The molecule has 0 amide bonds. The van der Waals surface area contributed by atoms with Gasteiger partial charge in [0, 0.05) is 36.6 Å². The number of hydrogen-bond donors (Lipinski definition) is 3. The second-order valence-corrected chi connectivity index (χ2v) is 11.1. The Labute approximate surface area is 208 Å². The van der Waals surface area contributed by atoms with E-state index in [4.69, 9.17) is 4.74 Å². The molecule has 0 saturated heterocycles. The molecular formula is C30H47N3O. The molecule has 0 aliphatic heterocycles. The number of hydrogen-bond acceptors (Lipinski definition) is 4. The zero-order valence-electron chi connectivity index (χ0n) is 22.6. The zero-order chi connectivity index (χ0) is 24.8. The first-order valence-corrected chi connectivity index (χ1v) is 13.2. The van der Waals surface area contributed by atoms with Crippen LogP contribution in [-0.2, 0) is 17.6 Å². The second kappa shape index (κ2) is 12.3. The minimum Gasteiger partial charge on any atom is -0.373 e. The van der Waals surface area contributed by atoms with Gasteiger partial charge in [-0.15, -0.1) is 0 Å². The summed E-state index contributed by atoms with van der Waals surface area (Å²) in [7, 11) is 0. The Balaban J connectivity index is 0.000000191. The van der Waals surface area contributed by atoms with Crippen molar-refractivity contribution in [1.29, 1.82) is 0 Å². The molecule has 4 atom stereocenters. The van der Waals surface area contributed by atoms with E-state index in [9.17, 15) is 0 Å². The normalized spacial score (nSPS) is 23.4. The smallest absolute Gasteiger partial charge is 0.0813 e. The summed E-state index contributed by atoms with van der Waals surface area (Å²) in [6.45, 7) is 17.5. The molecule has 0 aromatic heterocycles. The highest BCUT2D eigenvalue weighted by molar-refractivity contribution is 5.38. The molecule has 0 radical (unpaired) electrons. The summed E-state index contributed by atoms with van der Waals surface area (Å²) in [6, 6.07) is 20.3. The van der Waals surface area contributed by atoms with Gasteiger partial charge >= 0.3 is 0 Å². The van der Waals surface area contributed by atoms with Gasteiger partial charge < -0.3 is 20.7 Å². The fourth-order valence-electron chi connectivity index (χ4n) is 5.33. The van der Waals surface area contributed by atoms with Crippen molar-refractivity contribution in [3.63, 3.8) is 0 Å². The molecule has 0 spiro atoms. The fraction of sp³-hybridized carbons (Fsp3) is 0.600. The maximum Gasteiger partial charge on any atom is 0.0813 e. The van der Waals surface area contributed by atoms with Crippen LogP contribution in [0.1, 0.15) is 89.7 Å². The topological polar surface area (TPSA) is 45.3 Å². The van der Waals surface area contributed by atoms with Crippen LogP contribution in [0.3, 0.4) is 0 Å². The summed E-state index contributed by atoms with van der Waals surface area (Å²) in [5.74, 6) is 0. The lowest BCUT2D eigenvalue weighted by Gasteiger charge is -2.26. The van der Waals surface area contributed by atoms with Gasteiger partial charge in [0.2, 0.25) is 0 Å². The lowest BCUT2D eigenvalue weighted by Crippen LogP contribution is -2.44. The van der Waals surface area contributed by atoms with Crippen molar-refractivity contribution in [2.45, 2.75) is 117 Å². The average molecular weight is 466 g/mol. The van der Waals surface area contributed by atoms with Crippen molar-refractivity contribution in [2.24, 2.45) is 0 Å². The number of rotatable bonds is 8. The molecule has 4 heteroatoms. The van der Waals surface area contributed by atoms with E-state index in [1.54, 1.807) is 0 Å². The number of benzene rings is 2. The van der Waals surface area contributed by atoms with Gasteiger partial charge in [0.15, 0.2) is 0 Å². The van der Waals surface area contributed by atoms with Crippen molar-refractivity contribution < 1.29 is 4.74 Å².